The van der Waals surface area contributed by atoms with Gasteiger partial charge in [-0.25, -0.2) is 0 Å². The summed E-state index contributed by atoms with van der Waals surface area (Å²) in [6.45, 7) is 3.48. The van der Waals surface area contributed by atoms with Gasteiger partial charge in [0.15, 0.2) is 0 Å². The third-order valence-electron chi connectivity index (χ3n) is 5.65. The van der Waals surface area contributed by atoms with Gasteiger partial charge in [0.05, 0.1) is 19.7 Å². The van der Waals surface area contributed by atoms with Crippen molar-refractivity contribution >= 4 is 16.6 Å². The maximum absolute atomic E-state index is 9.38. The molecule has 4 rings (SSSR count). The molecular formula is C25H25N3O. The molecule has 4 nitrogen and oxygen atoms in total. The van der Waals surface area contributed by atoms with Gasteiger partial charge >= 0.3 is 0 Å². The number of rotatable bonds is 6. The molecular weight excluding hydrogens is 358 g/mol. The molecule has 0 aliphatic carbocycles. The summed E-state index contributed by atoms with van der Waals surface area (Å²) in [5.41, 5.74) is 3.61. The van der Waals surface area contributed by atoms with E-state index in [1.807, 2.05) is 13.0 Å². The Morgan fingerprint density at radius 3 is 2.69 bits per heavy atom. The highest BCUT2D eigenvalue weighted by atomic mass is 16.5. The maximum atomic E-state index is 9.38. The van der Waals surface area contributed by atoms with Gasteiger partial charge in [-0.05, 0) is 42.2 Å². The molecule has 0 saturated carbocycles. The predicted molar refractivity (Wildman–Crippen MR) is 118 cm³/mol. The van der Waals surface area contributed by atoms with Crippen LogP contribution in [-0.2, 0) is 12.8 Å². The molecule has 146 valence electrons. The van der Waals surface area contributed by atoms with E-state index >= 15 is 0 Å². The van der Waals surface area contributed by atoms with E-state index in [-0.39, 0.29) is 6.04 Å². The fourth-order valence-electron chi connectivity index (χ4n) is 4.13. The minimum absolute atomic E-state index is 0.178. The van der Waals surface area contributed by atoms with E-state index in [2.05, 4.69) is 65.6 Å². The summed E-state index contributed by atoms with van der Waals surface area (Å²) in [5.74, 6) is 1.87. The zero-order chi connectivity index (χ0) is 20.2. The Balaban J connectivity index is 1.66. The highest BCUT2D eigenvalue weighted by Gasteiger charge is 2.25. The summed E-state index contributed by atoms with van der Waals surface area (Å²) in [6.07, 6.45) is 1.76. The van der Waals surface area contributed by atoms with Gasteiger partial charge in [0, 0.05) is 17.7 Å². The summed E-state index contributed by atoms with van der Waals surface area (Å²) in [6, 6.07) is 23.2. The SMILES string of the molecule is COc1ccc2ccccc2c1CCc1ccccc1C1=NCCN1C(C)C#N. The van der Waals surface area contributed by atoms with Gasteiger partial charge in [-0.15, -0.1) is 0 Å². The van der Waals surface area contributed by atoms with Gasteiger partial charge in [0.1, 0.15) is 17.6 Å². The second kappa shape index (κ2) is 8.36. The number of hydrogen-bond acceptors (Lipinski definition) is 4. The van der Waals surface area contributed by atoms with Gasteiger partial charge in [-0.3, -0.25) is 4.99 Å². The Morgan fingerprint density at radius 1 is 1.07 bits per heavy atom. The number of fused-ring (bicyclic) bond motifs is 1. The van der Waals surface area contributed by atoms with Crippen molar-refractivity contribution in [2.45, 2.75) is 25.8 Å². The summed E-state index contributed by atoms with van der Waals surface area (Å²) >= 11 is 0. The molecule has 4 heteroatoms. The van der Waals surface area contributed by atoms with E-state index in [1.54, 1.807) is 7.11 Å². The molecule has 3 aromatic rings. The van der Waals surface area contributed by atoms with Crippen LogP contribution in [0.1, 0.15) is 23.6 Å². The van der Waals surface area contributed by atoms with Gasteiger partial charge in [0.2, 0.25) is 0 Å². The lowest BCUT2D eigenvalue weighted by Gasteiger charge is -2.24. The minimum atomic E-state index is -0.178. The smallest absolute Gasteiger partial charge is 0.132 e. The molecule has 1 unspecified atom stereocenters. The van der Waals surface area contributed by atoms with Crippen LogP contribution in [0.5, 0.6) is 5.75 Å². The summed E-state index contributed by atoms with van der Waals surface area (Å²) in [7, 11) is 1.73. The molecule has 0 aromatic heterocycles. The van der Waals surface area contributed by atoms with Gasteiger partial charge in [-0.2, -0.15) is 5.26 Å². The van der Waals surface area contributed by atoms with Crippen LogP contribution in [0.15, 0.2) is 65.7 Å². The number of amidine groups is 1. The molecule has 0 saturated heterocycles. The fourth-order valence-corrected chi connectivity index (χ4v) is 4.13. The van der Waals surface area contributed by atoms with E-state index in [9.17, 15) is 5.26 Å². The third-order valence-corrected chi connectivity index (χ3v) is 5.65. The quantitative estimate of drug-likeness (QED) is 0.625. The van der Waals surface area contributed by atoms with E-state index in [0.29, 0.717) is 0 Å². The number of methoxy groups -OCH3 is 1. The molecule has 1 aliphatic heterocycles. The molecule has 0 fully saturated rings. The Kier molecular flexibility index (Phi) is 5.48. The molecule has 0 radical (unpaired) electrons. The Morgan fingerprint density at radius 2 is 1.86 bits per heavy atom. The second-order valence-corrected chi connectivity index (χ2v) is 7.33. The zero-order valence-corrected chi connectivity index (χ0v) is 16.9. The van der Waals surface area contributed by atoms with Crippen molar-refractivity contribution in [2.24, 2.45) is 4.99 Å². The number of aryl methyl sites for hydroxylation is 2. The molecule has 1 heterocycles. The molecule has 3 aromatic carbocycles. The lowest BCUT2D eigenvalue weighted by atomic mass is 9.95. The number of nitriles is 1. The van der Waals surface area contributed by atoms with Crippen LogP contribution < -0.4 is 4.74 Å². The number of aliphatic imine (C=N–C) groups is 1. The number of hydrogen-bond donors (Lipinski definition) is 0. The summed E-state index contributed by atoms with van der Waals surface area (Å²) < 4.78 is 5.67. The Hall–Kier alpha value is -3.32. The highest BCUT2D eigenvalue weighted by molar-refractivity contribution is 6.01. The molecule has 0 spiro atoms. The van der Waals surface area contributed by atoms with Crippen LogP contribution in [0.4, 0.5) is 0 Å². The fraction of sp³-hybridized carbons (Fsp3) is 0.280. The Bertz CT molecular complexity index is 1100. The highest BCUT2D eigenvalue weighted by Crippen LogP contribution is 2.30. The minimum Gasteiger partial charge on any atom is -0.496 e. The van der Waals surface area contributed by atoms with Crippen molar-refractivity contribution in [3.05, 3.63) is 77.4 Å². The van der Waals surface area contributed by atoms with Crippen molar-refractivity contribution in [1.29, 1.82) is 5.26 Å². The summed E-state index contributed by atoms with van der Waals surface area (Å²) in [4.78, 5) is 6.83. The normalized spacial score (nSPS) is 14.5. The topological polar surface area (TPSA) is 48.6 Å². The Labute approximate surface area is 172 Å². The first-order valence-electron chi connectivity index (χ1n) is 10.1. The average Bonchev–Trinajstić information content (AvgIpc) is 3.26. The lowest BCUT2D eigenvalue weighted by Crippen LogP contribution is -2.36. The first-order valence-corrected chi connectivity index (χ1v) is 10.1. The van der Waals surface area contributed by atoms with Crippen LogP contribution in [-0.4, -0.2) is 37.0 Å². The van der Waals surface area contributed by atoms with Crippen molar-refractivity contribution in [3.63, 3.8) is 0 Å². The van der Waals surface area contributed by atoms with Crippen LogP contribution in [0, 0.1) is 11.3 Å². The first-order chi connectivity index (χ1) is 14.2. The average molecular weight is 383 g/mol. The first kappa shape index (κ1) is 19.0. The van der Waals surface area contributed by atoms with Crippen molar-refractivity contribution in [1.82, 2.24) is 4.90 Å². The van der Waals surface area contributed by atoms with Crippen molar-refractivity contribution < 1.29 is 4.74 Å². The van der Waals surface area contributed by atoms with E-state index < -0.39 is 0 Å². The largest absolute Gasteiger partial charge is 0.496 e. The number of nitrogens with zero attached hydrogens (tertiary/aromatic N) is 3. The predicted octanol–water partition coefficient (Wildman–Crippen LogP) is 4.61. The number of benzene rings is 3. The van der Waals surface area contributed by atoms with Crippen LogP contribution in [0.2, 0.25) is 0 Å². The van der Waals surface area contributed by atoms with Gasteiger partial charge in [0.25, 0.3) is 0 Å². The maximum Gasteiger partial charge on any atom is 0.132 e. The van der Waals surface area contributed by atoms with E-state index in [4.69, 9.17) is 9.73 Å². The van der Waals surface area contributed by atoms with Crippen LogP contribution in [0.3, 0.4) is 0 Å². The lowest BCUT2D eigenvalue weighted by molar-refractivity contribution is 0.410. The molecule has 1 aliphatic rings. The zero-order valence-electron chi connectivity index (χ0n) is 16.9. The second-order valence-electron chi connectivity index (χ2n) is 7.33. The van der Waals surface area contributed by atoms with E-state index in [1.165, 1.54) is 21.9 Å². The summed E-state index contributed by atoms with van der Waals surface area (Å²) in [5, 5.41) is 11.8. The van der Waals surface area contributed by atoms with E-state index in [0.717, 1.165) is 43.1 Å². The van der Waals surface area contributed by atoms with Crippen molar-refractivity contribution in [3.8, 4) is 11.8 Å². The molecule has 0 bridgehead atoms. The molecule has 0 amide bonds. The third kappa shape index (κ3) is 3.69. The number of ether oxygens (including phenoxy) is 1. The molecule has 1 atom stereocenters. The monoisotopic (exact) mass is 383 g/mol. The molecule has 0 N–H and O–H groups in total. The van der Waals surface area contributed by atoms with Crippen LogP contribution in [0.25, 0.3) is 10.8 Å². The van der Waals surface area contributed by atoms with Gasteiger partial charge in [-0.1, -0.05) is 54.6 Å². The van der Waals surface area contributed by atoms with Crippen molar-refractivity contribution in [2.75, 3.05) is 20.2 Å². The van der Waals surface area contributed by atoms with Gasteiger partial charge < -0.3 is 9.64 Å². The molecule has 29 heavy (non-hydrogen) atoms. The standard InChI is InChI=1S/C25H25N3O/c1-18(17-26)28-16-15-27-25(28)22-10-6-4-8-20(22)11-13-23-21-9-5-3-7-19(21)12-14-24(23)29-2/h3-10,12,14,18H,11,13,15-16H2,1-2H3. The van der Waals surface area contributed by atoms with Crippen LogP contribution >= 0.6 is 0 Å².